The highest BCUT2D eigenvalue weighted by Gasteiger charge is 2.11. The monoisotopic (exact) mass is 467 g/mol. The van der Waals surface area contributed by atoms with E-state index in [2.05, 4.69) is 35.1 Å². The van der Waals surface area contributed by atoms with Gasteiger partial charge in [0.05, 0.1) is 5.52 Å². The summed E-state index contributed by atoms with van der Waals surface area (Å²) >= 11 is 6.13. The number of rotatable bonds is 14. The Labute approximate surface area is 204 Å². The number of nitrogens with zero attached hydrogens (tertiary/aromatic N) is 2. The van der Waals surface area contributed by atoms with Crippen LogP contribution in [-0.2, 0) is 6.54 Å². The van der Waals surface area contributed by atoms with Gasteiger partial charge in [-0.3, -0.25) is 9.88 Å². The molecule has 0 aliphatic carbocycles. The van der Waals surface area contributed by atoms with E-state index in [1.807, 2.05) is 30.3 Å². The molecule has 1 aromatic heterocycles. The van der Waals surface area contributed by atoms with E-state index in [-0.39, 0.29) is 0 Å². The fourth-order valence-electron chi connectivity index (χ4n) is 4.21. The van der Waals surface area contributed by atoms with E-state index in [1.165, 1.54) is 51.4 Å². The lowest BCUT2D eigenvalue weighted by molar-refractivity contribution is 0.249. The number of aromatic hydroxyl groups is 1. The van der Waals surface area contributed by atoms with Crippen molar-refractivity contribution in [1.82, 2.24) is 9.88 Å². The molecule has 0 bridgehead atoms. The Bertz CT molecular complexity index is 996. The van der Waals surface area contributed by atoms with Crippen molar-refractivity contribution in [2.24, 2.45) is 0 Å². The molecule has 1 heterocycles. The van der Waals surface area contributed by atoms with E-state index < -0.39 is 0 Å². The molecule has 4 nitrogen and oxygen atoms in total. The average Bonchev–Trinajstić information content (AvgIpc) is 2.81. The molecule has 0 aliphatic rings. The number of pyridine rings is 1. The third-order valence-corrected chi connectivity index (χ3v) is 6.35. The molecule has 0 atom stereocenters. The molecule has 0 amide bonds. The summed E-state index contributed by atoms with van der Waals surface area (Å²) in [5.41, 5.74) is 3.76. The van der Waals surface area contributed by atoms with Gasteiger partial charge in [-0.25, -0.2) is 0 Å². The van der Waals surface area contributed by atoms with Gasteiger partial charge in [0, 0.05) is 40.1 Å². The van der Waals surface area contributed by atoms with Crippen LogP contribution in [0.5, 0.6) is 5.75 Å². The molecule has 178 valence electrons. The van der Waals surface area contributed by atoms with Gasteiger partial charge in [-0.15, -0.1) is 0 Å². The van der Waals surface area contributed by atoms with Gasteiger partial charge in [0.1, 0.15) is 5.75 Å². The number of halogens is 1. The van der Waals surface area contributed by atoms with Gasteiger partial charge >= 0.3 is 0 Å². The zero-order valence-electron chi connectivity index (χ0n) is 20.1. The lowest BCUT2D eigenvalue weighted by atomic mass is 10.1. The molecule has 0 radical (unpaired) electrons. The van der Waals surface area contributed by atoms with Gasteiger partial charge in [-0.2, -0.15) is 0 Å². The number of phenolic OH excluding ortho intramolecular Hbond substituents is 1. The maximum absolute atomic E-state index is 10.6. The molecule has 0 spiro atoms. The van der Waals surface area contributed by atoms with Crippen molar-refractivity contribution in [3.05, 3.63) is 59.2 Å². The number of benzene rings is 2. The summed E-state index contributed by atoms with van der Waals surface area (Å²) in [4.78, 5) is 6.94. The van der Waals surface area contributed by atoms with Crippen LogP contribution in [0.1, 0.15) is 70.8 Å². The topological polar surface area (TPSA) is 48.4 Å². The van der Waals surface area contributed by atoms with Gasteiger partial charge in [0.2, 0.25) is 0 Å². The normalized spacial score (nSPS) is 11.4. The summed E-state index contributed by atoms with van der Waals surface area (Å²) in [7, 11) is 0. The van der Waals surface area contributed by atoms with E-state index in [1.54, 1.807) is 12.3 Å². The van der Waals surface area contributed by atoms with Gasteiger partial charge in [0.15, 0.2) is 0 Å². The summed E-state index contributed by atoms with van der Waals surface area (Å²) in [5, 5.41) is 15.8. The Kier molecular flexibility index (Phi) is 10.3. The number of nitrogens with one attached hydrogen (secondary N) is 1. The molecule has 0 saturated carbocycles. The molecule has 3 aromatic rings. The highest BCUT2D eigenvalue weighted by Crippen LogP contribution is 2.30. The first-order valence-corrected chi connectivity index (χ1v) is 12.8. The molecule has 0 fully saturated rings. The highest BCUT2D eigenvalue weighted by atomic mass is 35.5. The van der Waals surface area contributed by atoms with E-state index in [9.17, 15) is 5.11 Å². The average molecular weight is 468 g/mol. The number of anilines is 2. The van der Waals surface area contributed by atoms with Crippen LogP contribution in [0.4, 0.5) is 11.4 Å². The van der Waals surface area contributed by atoms with Crippen molar-refractivity contribution in [3.63, 3.8) is 0 Å². The van der Waals surface area contributed by atoms with E-state index >= 15 is 0 Å². The lowest BCUT2D eigenvalue weighted by Crippen LogP contribution is -2.25. The summed E-state index contributed by atoms with van der Waals surface area (Å²) in [5.74, 6) is 0.360. The van der Waals surface area contributed by atoms with Crippen LogP contribution >= 0.6 is 11.6 Å². The van der Waals surface area contributed by atoms with Crippen molar-refractivity contribution in [2.45, 2.75) is 71.8 Å². The van der Waals surface area contributed by atoms with Crippen molar-refractivity contribution >= 4 is 33.9 Å². The van der Waals surface area contributed by atoms with Crippen LogP contribution < -0.4 is 5.32 Å². The van der Waals surface area contributed by atoms with Gasteiger partial charge in [-0.05, 0) is 68.4 Å². The summed E-state index contributed by atoms with van der Waals surface area (Å²) in [6.07, 6.45) is 11.8. The molecule has 2 N–H and O–H groups in total. The Morgan fingerprint density at radius 2 is 1.61 bits per heavy atom. The van der Waals surface area contributed by atoms with Crippen molar-refractivity contribution in [2.75, 3.05) is 18.4 Å². The van der Waals surface area contributed by atoms with Crippen molar-refractivity contribution < 1.29 is 5.11 Å². The predicted octanol–water partition coefficient (Wildman–Crippen LogP) is 8.30. The second-order valence-corrected chi connectivity index (χ2v) is 9.32. The molecule has 0 saturated heterocycles. The SMILES string of the molecule is CCCCCCN(CCCCCC)Cc1cc(Nc2ccnc3cc(Cl)ccc23)ccc1O. The molecule has 0 unspecified atom stereocenters. The first kappa shape index (κ1) is 25.3. The number of hydrogen-bond donors (Lipinski definition) is 2. The first-order chi connectivity index (χ1) is 16.1. The Morgan fingerprint density at radius 1 is 0.879 bits per heavy atom. The molecule has 33 heavy (non-hydrogen) atoms. The second kappa shape index (κ2) is 13.4. The molecule has 2 aromatic carbocycles. The standard InChI is InChI=1S/C28H38ClN3O/c1-3-5-7-9-17-32(18-10-8-6-4-2)21-22-19-24(12-14-28(22)33)31-26-15-16-30-27-20-23(29)11-13-25(26)27/h11-16,19-20,33H,3-10,17-18,21H2,1-2H3,(H,30,31). The van der Waals surface area contributed by atoms with Crippen molar-refractivity contribution in [3.8, 4) is 5.75 Å². The molecular formula is C28H38ClN3O. The minimum atomic E-state index is 0.360. The first-order valence-electron chi connectivity index (χ1n) is 12.5. The zero-order valence-corrected chi connectivity index (χ0v) is 20.9. The molecule has 0 aliphatic heterocycles. The summed E-state index contributed by atoms with van der Waals surface area (Å²) < 4.78 is 0. The molecular weight excluding hydrogens is 430 g/mol. The van der Waals surface area contributed by atoms with Crippen LogP contribution in [0, 0.1) is 0 Å². The van der Waals surface area contributed by atoms with Crippen LogP contribution in [-0.4, -0.2) is 28.1 Å². The number of aromatic nitrogens is 1. The Balaban J connectivity index is 1.73. The van der Waals surface area contributed by atoms with E-state index in [0.717, 1.165) is 47.5 Å². The van der Waals surface area contributed by atoms with Gasteiger partial charge < -0.3 is 10.4 Å². The predicted molar refractivity (Wildman–Crippen MR) is 142 cm³/mol. The third kappa shape index (κ3) is 7.90. The number of hydrogen-bond acceptors (Lipinski definition) is 4. The van der Waals surface area contributed by atoms with Crippen LogP contribution in [0.3, 0.4) is 0 Å². The van der Waals surface area contributed by atoms with Crippen LogP contribution in [0.25, 0.3) is 10.9 Å². The van der Waals surface area contributed by atoms with E-state index in [4.69, 9.17) is 11.6 Å². The smallest absolute Gasteiger partial charge is 0.120 e. The Morgan fingerprint density at radius 3 is 2.30 bits per heavy atom. The second-order valence-electron chi connectivity index (χ2n) is 8.89. The minimum Gasteiger partial charge on any atom is -0.508 e. The minimum absolute atomic E-state index is 0.360. The van der Waals surface area contributed by atoms with Crippen LogP contribution in [0.2, 0.25) is 5.02 Å². The summed E-state index contributed by atoms with van der Waals surface area (Å²) in [6.45, 7) is 7.43. The maximum atomic E-state index is 10.6. The largest absolute Gasteiger partial charge is 0.508 e. The third-order valence-electron chi connectivity index (χ3n) is 6.11. The fourth-order valence-corrected chi connectivity index (χ4v) is 4.38. The lowest BCUT2D eigenvalue weighted by Gasteiger charge is -2.23. The number of phenols is 1. The highest BCUT2D eigenvalue weighted by molar-refractivity contribution is 6.31. The molecule has 5 heteroatoms. The van der Waals surface area contributed by atoms with E-state index in [0.29, 0.717) is 10.8 Å². The number of fused-ring (bicyclic) bond motifs is 1. The number of unbranched alkanes of at least 4 members (excludes halogenated alkanes) is 6. The maximum Gasteiger partial charge on any atom is 0.120 e. The summed E-state index contributed by atoms with van der Waals surface area (Å²) in [6, 6.07) is 13.5. The fraction of sp³-hybridized carbons (Fsp3) is 0.464. The Hall–Kier alpha value is -2.30. The molecule has 3 rings (SSSR count). The quantitative estimate of drug-likeness (QED) is 0.185. The van der Waals surface area contributed by atoms with Crippen LogP contribution in [0.15, 0.2) is 48.7 Å². The van der Waals surface area contributed by atoms with Gasteiger partial charge in [0.25, 0.3) is 0 Å². The zero-order chi connectivity index (χ0) is 23.5. The van der Waals surface area contributed by atoms with Crippen molar-refractivity contribution in [1.29, 1.82) is 0 Å². The van der Waals surface area contributed by atoms with Gasteiger partial charge in [-0.1, -0.05) is 64.0 Å².